The Hall–Kier alpha value is -1.27. The highest BCUT2D eigenvalue weighted by Gasteiger charge is 2.35. The third-order valence-electron chi connectivity index (χ3n) is 2.87. The van der Waals surface area contributed by atoms with Gasteiger partial charge in [0.2, 0.25) is 0 Å². The fourth-order valence-corrected chi connectivity index (χ4v) is 2.34. The summed E-state index contributed by atoms with van der Waals surface area (Å²) in [5, 5.41) is 0.119. The monoisotopic (exact) mass is 324 g/mol. The van der Waals surface area contributed by atoms with E-state index in [0.717, 1.165) is 6.08 Å². The van der Waals surface area contributed by atoms with Crippen molar-refractivity contribution in [1.29, 1.82) is 0 Å². The summed E-state index contributed by atoms with van der Waals surface area (Å²) in [5.74, 6) is -0.423. The zero-order chi connectivity index (χ0) is 14.9. The number of hydrogen-bond donors (Lipinski definition) is 0. The van der Waals surface area contributed by atoms with Crippen molar-refractivity contribution in [1.82, 2.24) is 9.88 Å². The summed E-state index contributed by atoms with van der Waals surface area (Å²) in [6.07, 6.45) is -3.54. The van der Waals surface area contributed by atoms with E-state index in [1.165, 1.54) is 17.0 Å². The summed E-state index contributed by atoms with van der Waals surface area (Å²) in [5.41, 5.74) is -0.397. The minimum Gasteiger partial charge on any atom is -0.335 e. The topological polar surface area (TPSA) is 33.2 Å². The Morgan fingerprint density at radius 3 is 2.30 bits per heavy atom. The molecular weight excluding hydrogens is 316 g/mol. The summed E-state index contributed by atoms with van der Waals surface area (Å²) in [6, 6.07) is 2.66. The number of alkyl halides is 3. The minimum atomic E-state index is -4.33. The van der Waals surface area contributed by atoms with Crippen LogP contribution in [0.3, 0.4) is 0 Å². The summed E-state index contributed by atoms with van der Waals surface area (Å²) in [7, 11) is 0. The lowest BCUT2D eigenvalue weighted by Gasteiger charge is -2.27. The van der Waals surface area contributed by atoms with E-state index in [2.05, 4.69) is 4.98 Å². The normalized spacial score (nSPS) is 16.1. The van der Waals surface area contributed by atoms with Crippen LogP contribution in [0.2, 0.25) is 10.3 Å². The minimum absolute atomic E-state index is 0.00172. The first-order chi connectivity index (χ1) is 9.27. The van der Waals surface area contributed by atoms with E-state index in [0.29, 0.717) is 0 Å². The molecule has 0 radical (unpaired) electrons. The molecular formula is C12H9Cl2F3N2O. The first kappa shape index (κ1) is 15.1. The summed E-state index contributed by atoms with van der Waals surface area (Å²) in [6.45, 7) is -0.0903. The van der Waals surface area contributed by atoms with E-state index in [9.17, 15) is 18.0 Å². The summed E-state index contributed by atoms with van der Waals surface area (Å²) < 4.78 is 37.5. The van der Waals surface area contributed by atoms with Gasteiger partial charge < -0.3 is 4.90 Å². The molecule has 0 saturated heterocycles. The quantitative estimate of drug-likeness (QED) is 0.582. The Balaban J connectivity index is 2.14. The number of aromatic nitrogens is 1. The lowest BCUT2D eigenvalue weighted by atomic mass is 10.1. The number of carbonyl (C=O) groups is 1. The molecule has 1 aromatic rings. The molecule has 1 amide bonds. The highest BCUT2D eigenvalue weighted by molar-refractivity contribution is 6.33. The molecule has 2 rings (SSSR count). The molecule has 1 aliphatic rings. The fourth-order valence-electron chi connectivity index (χ4n) is 1.88. The van der Waals surface area contributed by atoms with Crippen molar-refractivity contribution in [2.45, 2.75) is 12.6 Å². The van der Waals surface area contributed by atoms with Crippen LogP contribution in [0, 0.1) is 0 Å². The van der Waals surface area contributed by atoms with Gasteiger partial charge in [-0.25, -0.2) is 4.98 Å². The maximum absolute atomic E-state index is 12.5. The predicted molar refractivity (Wildman–Crippen MR) is 68.9 cm³/mol. The largest absolute Gasteiger partial charge is 0.412 e. The number of carbonyl (C=O) groups excluding carboxylic acids is 1. The number of rotatable bonds is 1. The molecule has 0 saturated carbocycles. The van der Waals surface area contributed by atoms with Gasteiger partial charge in [0.05, 0.1) is 0 Å². The number of amides is 1. The molecule has 108 valence electrons. The van der Waals surface area contributed by atoms with Crippen LogP contribution in [0.15, 0.2) is 23.8 Å². The molecule has 0 spiro atoms. The molecule has 20 heavy (non-hydrogen) atoms. The van der Waals surface area contributed by atoms with Crippen LogP contribution in [0.1, 0.15) is 16.8 Å². The van der Waals surface area contributed by atoms with Gasteiger partial charge in [-0.15, -0.1) is 0 Å². The van der Waals surface area contributed by atoms with Crippen LogP contribution in [0.4, 0.5) is 13.2 Å². The molecule has 0 unspecified atom stereocenters. The van der Waals surface area contributed by atoms with Gasteiger partial charge in [0.15, 0.2) is 0 Å². The molecule has 0 N–H and O–H groups in total. The Morgan fingerprint density at radius 1 is 1.25 bits per heavy atom. The molecule has 0 aliphatic carbocycles. The van der Waals surface area contributed by atoms with Gasteiger partial charge in [-0.2, -0.15) is 13.2 Å². The first-order valence-electron chi connectivity index (χ1n) is 5.66. The van der Waals surface area contributed by atoms with Crippen molar-refractivity contribution in [3.8, 4) is 0 Å². The molecule has 1 aromatic heterocycles. The Labute approximate surface area is 123 Å². The van der Waals surface area contributed by atoms with E-state index in [1.54, 1.807) is 0 Å². The second kappa shape index (κ2) is 5.61. The molecule has 2 heterocycles. The van der Waals surface area contributed by atoms with E-state index in [1.807, 2.05) is 0 Å². The average molecular weight is 325 g/mol. The van der Waals surface area contributed by atoms with Crippen molar-refractivity contribution in [2.24, 2.45) is 0 Å². The van der Waals surface area contributed by atoms with Crippen molar-refractivity contribution in [2.75, 3.05) is 13.1 Å². The van der Waals surface area contributed by atoms with E-state index in [4.69, 9.17) is 23.2 Å². The smallest absolute Gasteiger partial charge is 0.335 e. The van der Waals surface area contributed by atoms with Crippen molar-refractivity contribution >= 4 is 29.1 Å². The summed E-state index contributed by atoms with van der Waals surface area (Å²) in [4.78, 5) is 17.1. The third kappa shape index (κ3) is 3.43. The van der Waals surface area contributed by atoms with Gasteiger partial charge in [0, 0.05) is 24.2 Å². The van der Waals surface area contributed by atoms with Gasteiger partial charge in [-0.3, -0.25) is 4.79 Å². The van der Waals surface area contributed by atoms with Crippen LogP contribution >= 0.6 is 23.2 Å². The predicted octanol–water partition coefficient (Wildman–Crippen LogP) is 3.72. The molecule has 0 aromatic carbocycles. The number of halogens is 5. The lowest BCUT2D eigenvalue weighted by molar-refractivity contribution is -0.0957. The lowest BCUT2D eigenvalue weighted by Crippen LogP contribution is -2.36. The maximum atomic E-state index is 12.5. The molecule has 1 aliphatic heterocycles. The SMILES string of the molecule is O=C(c1cc(Cl)nc(Cl)c1)N1CC=C(C(F)(F)F)CC1. The first-order valence-corrected chi connectivity index (χ1v) is 6.41. The second-order valence-electron chi connectivity index (χ2n) is 4.23. The van der Waals surface area contributed by atoms with Crippen LogP contribution < -0.4 is 0 Å². The van der Waals surface area contributed by atoms with Crippen LogP contribution in [-0.4, -0.2) is 35.1 Å². The van der Waals surface area contributed by atoms with Crippen LogP contribution in [-0.2, 0) is 0 Å². The van der Waals surface area contributed by atoms with E-state index in [-0.39, 0.29) is 35.4 Å². The highest BCUT2D eigenvalue weighted by Crippen LogP contribution is 2.30. The van der Waals surface area contributed by atoms with Gasteiger partial charge in [-0.1, -0.05) is 29.3 Å². The molecule has 0 bridgehead atoms. The molecule has 0 atom stereocenters. The van der Waals surface area contributed by atoms with Crippen molar-refractivity contribution in [3.63, 3.8) is 0 Å². The third-order valence-corrected chi connectivity index (χ3v) is 3.26. The number of pyridine rings is 1. The van der Waals surface area contributed by atoms with Gasteiger partial charge >= 0.3 is 6.18 Å². The van der Waals surface area contributed by atoms with Crippen LogP contribution in [0.5, 0.6) is 0 Å². The fraction of sp³-hybridized carbons (Fsp3) is 0.333. The Bertz CT molecular complexity index is 552. The van der Waals surface area contributed by atoms with Gasteiger partial charge in [0.1, 0.15) is 10.3 Å². The number of nitrogens with zero attached hydrogens (tertiary/aromatic N) is 2. The zero-order valence-corrected chi connectivity index (χ0v) is 11.6. The molecule has 3 nitrogen and oxygen atoms in total. The average Bonchev–Trinajstić information content (AvgIpc) is 2.36. The van der Waals surface area contributed by atoms with Gasteiger partial charge in [0.25, 0.3) is 5.91 Å². The zero-order valence-electron chi connectivity index (χ0n) is 10.0. The van der Waals surface area contributed by atoms with Crippen molar-refractivity contribution in [3.05, 3.63) is 39.7 Å². The van der Waals surface area contributed by atoms with Crippen LogP contribution in [0.25, 0.3) is 0 Å². The standard InChI is InChI=1S/C12H9Cl2F3N2O/c13-9-5-7(6-10(14)18-9)11(20)19-3-1-8(2-4-19)12(15,16)17/h1,5-6H,2-4H2. The van der Waals surface area contributed by atoms with Crippen molar-refractivity contribution < 1.29 is 18.0 Å². The maximum Gasteiger partial charge on any atom is 0.412 e. The Morgan fingerprint density at radius 2 is 1.85 bits per heavy atom. The Kier molecular flexibility index (Phi) is 4.25. The van der Waals surface area contributed by atoms with Gasteiger partial charge in [-0.05, 0) is 18.6 Å². The molecule has 8 heteroatoms. The highest BCUT2D eigenvalue weighted by atomic mass is 35.5. The van der Waals surface area contributed by atoms with E-state index < -0.39 is 17.7 Å². The van der Waals surface area contributed by atoms with E-state index >= 15 is 0 Å². The summed E-state index contributed by atoms with van der Waals surface area (Å²) >= 11 is 11.4. The molecule has 0 fully saturated rings. The second-order valence-corrected chi connectivity index (χ2v) is 5.00. The number of hydrogen-bond acceptors (Lipinski definition) is 2.